The van der Waals surface area contributed by atoms with Crippen molar-refractivity contribution in [2.75, 3.05) is 6.61 Å². The van der Waals surface area contributed by atoms with Crippen molar-refractivity contribution in [3.05, 3.63) is 70.1 Å². The molecule has 3 rings (SSSR count). The molecule has 0 spiro atoms. The summed E-state index contributed by atoms with van der Waals surface area (Å²) in [7, 11) is 0. The molecule has 0 atom stereocenters. The Morgan fingerprint density at radius 2 is 2.07 bits per heavy atom. The van der Waals surface area contributed by atoms with Crippen molar-refractivity contribution < 1.29 is 14.6 Å². The molecule has 2 aromatic rings. The van der Waals surface area contributed by atoms with Gasteiger partial charge in [0.25, 0.3) is 5.91 Å². The molecule has 1 amide bonds. The number of aliphatic imine (C=N–C) groups is 1. The van der Waals surface area contributed by atoms with Gasteiger partial charge < -0.3 is 15.2 Å². The number of nitrogens with zero attached hydrogens (tertiary/aromatic N) is 1. The fourth-order valence-corrected chi connectivity index (χ4v) is 3.86. The molecule has 0 aliphatic carbocycles. The Bertz CT molecular complexity index is 1030. The number of phenolic OH excluding ortho intramolecular Hbond substituents is 1. The molecule has 1 aliphatic heterocycles. The molecule has 1 heterocycles. The Hall–Kier alpha value is -2.99. The van der Waals surface area contributed by atoms with Gasteiger partial charge in [0.1, 0.15) is 0 Å². The van der Waals surface area contributed by atoms with Crippen LogP contribution in [-0.2, 0) is 11.2 Å². The normalized spacial score (nSPS) is 16.3. The van der Waals surface area contributed by atoms with Gasteiger partial charge in [0.15, 0.2) is 16.7 Å². The number of nitrogens with one attached hydrogen (secondary N) is 1. The summed E-state index contributed by atoms with van der Waals surface area (Å²) < 4.78 is 5.53. The zero-order valence-corrected chi connectivity index (χ0v) is 17.6. The molecule has 5 nitrogen and oxygen atoms in total. The Morgan fingerprint density at radius 3 is 2.76 bits per heavy atom. The van der Waals surface area contributed by atoms with Crippen molar-refractivity contribution in [2.24, 2.45) is 4.99 Å². The average Bonchev–Trinajstić information content (AvgIpc) is 3.01. The van der Waals surface area contributed by atoms with Crippen molar-refractivity contribution in [3.8, 4) is 11.5 Å². The van der Waals surface area contributed by atoms with Gasteiger partial charge in [0.05, 0.1) is 17.2 Å². The van der Waals surface area contributed by atoms with Crippen molar-refractivity contribution in [1.82, 2.24) is 5.32 Å². The number of phenols is 1. The lowest BCUT2D eigenvalue weighted by molar-refractivity contribution is -0.115. The summed E-state index contributed by atoms with van der Waals surface area (Å²) in [6.45, 7) is 10.0. The maximum Gasteiger partial charge on any atom is 0.264 e. The van der Waals surface area contributed by atoms with Crippen LogP contribution in [0.15, 0.2) is 52.9 Å². The van der Waals surface area contributed by atoms with Gasteiger partial charge in [-0.2, -0.15) is 0 Å². The van der Waals surface area contributed by atoms with E-state index in [1.165, 1.54) is 17.3 Å². The summed E-state index contributed by atoms with van der Waals surface area (Å²) in [5.41, 5.74) is 4.52. The average molecular weight is 409 g/mol. The van der Waals surface area contributed by atoms with E-state index >= 15 is 0 Å². The molecular formula is C23H24N2O3S. The number of thioether (sulfide) groups is 1. The first kappa shape index (κ1) is 20.7. The third kappa shape index (κ3) is 4.90. The summed E-state index contributed by atoms with van der Waals surface area (Å²) >= 11 is 1.29. The smallest absolute Gasteiger partial charge is 0.264 e. The van der Waals surface area contributed by atoms with Crippen LogP contribution in [0.25, 0.3) is 6.08 Å². The third-order valence-electron chi connectivity index (χ3n) is 4.36. The van der Waals surface area contributed by atoms with E-state index in [1.807, 2.05) is 39.0 Å². The molecule has 0 radical (unpaired) electrons. The van der Waals surface area contributed by atoms with Crippen LogP contribution in [0.1, 0.15) is 29.2 Å². The van der Waals surface area contributed by atoms with Gasteiger partial charge in [-0.25, -0.2) is 4.99 Å². The molecule has 0 aromatic heterocycles. The molecule has 1 aliphatic rings. The quantitative estimate of drug-likeness (QED) is 0.520. The van der Waals surface area contributed by atoms with Crippen LogP contribution >= 0.6 is 11.8 Å². The molecule has 0 bridgehead atoms. The molecule has 1 fully saturated rings. The highest BCUT2D eigenvalue weighted by atomic mass is 32.2. The second-order valence-corrected chi connectivity index (χ2v) is 7.75. The van der Waals surface area contributed by atoms with Crippen LogP contribution in [0.2, 0.25) is 0 Å². The molecule has 0 saturated carbocycles. The lowest BCUT2D eigenvalue weighted by Crippen LogP contribution is -2.19. The Kier molecular flexibility index (Phi) is 6.44. The van der Waals surface area contributed by atoms with E-state index in [1.54, 1.807) is 18.2 Å². The molecule has 29 heavy (non-hydrogen) atoms. The number of hydrogen-bond acceptors (Lipinski definition) is 5. The van der Waals surface area contributed by atoms with Crippen LogP contribution in [0.5, 0.6) is 11.5 Å². The highest BCUT2D eigenvalue weighted by molar-refractivity contribution is 8.18. The van der Waals surface area contributed by atoms with Gasteiger partial charge >= 0.3 is 0 Å². The Morgan fingerprint density at radius 1 is 1.28 bits per heavy atom. The van der Waals surface area contributed by atoms with Crippen LogP contribution in [0.4, 0.5) is 5.69 Å². The summed E-state index contributed by atoms with van der Waals surface area (Å²) in [5, 5.41) is 13.7. The van der Waals surface area contributed by atoms with Gasteiger partial charge in [-0.05, 0) is 74.4 Å². The molecular weight excluding hydrogens is 384 g/mol. The molecule has 0 unspecified atom stereocenters. The molecule has 1 saturated heterocycles. The number of allylic oxidation sites excluding steroid dienone is 1. The van der Waals surface area contributed by atoms with E-state index < -0.39 is 0 Å². The van der Waals surface area contributed by atoms with E-state index in [0.717, 1.165) is 16.8 Å². The van der Waals surface area contributed by atoms with Gasteiger partial charge in [-0.1, -0.05) is 23.8 Å². The fourth-order valence-electron chi connectivity index (χ4n) is 3.02. The van der Waals surface area contributed by atoms with Crippen LogP contribution in [0.3, 0.4) is 0 Å². The van der Waals surface area contributed by atoms with E-state index in [9.17, 15) is 9.90 Å². The second-order valence-electron chi connectivity index (χ2n) is 6.72. The first-order valence-electron chi connectivity index (χ1n) is 9.37. The fraction of sp³-hybridized carbons (Fsp3) is 0.217. The van der Waals surface area contributed by atoms with Crippen LogP contribution < -0.4 is 10.1 Å². The monoisotopic (exact) mass is 408 g/mol. The zero-order chi connectivity index (χ0) is 21.0. The SMILES string of the molecule is C=CCc1cc(/C=C2/SC(=Nc3ccc(C)cc3C)NC2=O)cc(OCC)c1O. The first-order chi connectivity index (χ1) is 13.9. The van der Waals surface area contributed by atoms with Gasteiger partial charge in [0, 0.05) is 5.56 Å². The van der Waals surface area contributed by atoms with E-state index in [-0.39, 0.29) is 11.7 Å². The highest BCUT2D eigenvalue weighted by Crippen LogP contribution is 2.35. The predicted molar refractivity (Wildman–Crippen MR) is 120 cm³/mol. The predicted octanol–water partition coefficient (Wildman–Crippen LogP) is 5.03. The number of hydrogen-bond donors (Lipinski definition) is 2. The minimum Gasteiger partial charge on any atom is -0.504 e. The second kappa shape index (κ2) is 9.01. The zero-order valence-electron chi connectivity index (χ0n) is 16.8. The number of aromatic hydroxyl groups is 1. The molecule has 6 heteroatoms. The number of rotatable bonds is 6. The Balaban J connectivity index is 1.91. The van der Waals surface area contributed by atoms with Gasteiger partial charge in [0.2, 0.25) is 0 Å². The van der Waals surface area contributed by atoms with Crippen molar-refractivity contribution >= 4 is 34.6 Å². The number of amidine groups is 1. The van der Waals surface area contributed by atoms with Gasteiger partial charge in [-0.15, -0.1) is 6.58 Å². The summed E-state index contributed by atoms with van der Waals surface area (Å²) in [4.78, 5) is 17.5. The standard InChI is InChI=1S/C23H24N2O3S/c1-5-7-17-11-16(12-19(21(17)26)28-6-2)13-20-22(27)25-23(29-20)24-18-9-8-14(3)10-15(18)4/h5,8-13,26H,1,6-7H2,2-4H3,(H,24,25,27)/b20-13+. The van der Waals surface area contributed by atoms with Crippen LogP contribution in [0, 0.1) is 13.8 Å². The number of aryl methyl sites for hydroxylation is 2. The van der Waals surface area contributed by atoms with Crippen molar-refractivity contribution in [3.63, 3.8) is 0 Å². The topological polar surface area (TPSA) is 70.9 Å². The minimum atomic E-state index is -0.199. The van der Waals surface area contributed by atoms with Gasteiger partial charge in [-0.3, -0.25) is 4.79 Å². The maximum absolute atomic E-state index is 12.4. The van der Waals surface area contributed by atoms with E-state index in [4.69, 9.17) is 4.74 Å². The van der Waals surface area contributed by atoms with E-state index in [2.05, 4.69) is 23.0 Å². The number of ether oxygens (including phenoxy) is 1. The summed E-state index contributed by atoms with van der Waals surface area (Å²) in [6.07, 6.45) is 3.99. The molecule has 150 valence electrons. The number of carbonyl (C=O) groups is 1. The molecule has 2 N–H and O–H groups in total. The third-order valence-corrected chi connectivity index (χ3v) is 5.27. The number of amides is 1. The number of carbonyl (C=O) groups excluding carboxylic acids is 1. The molecule has 2 aromatic carbocycles. The minimum absolute atomic E-state index is 0.106. The van der Waals surface area contributed by atoms with E-state index in [0.29, 0.717) is 34.4 Å². The van der Waals surface area contributed by atoms with Crippen LogP contribution in [-0.4, -0.2) is 22.8 Å². The largest absolute Gasteiger partial charge is 0.504 e. The Labute approximate surface area is 175 Å². The lowest BCUT2D eigenvalue weighted by atomic mass is 10.1. The lowest BCUT2D eigenvalue weighted by Gasteiger charge is -2.11. The first-order valence-corrected chi connectivity index (χ1v) is 10.2. The highest BCUT2D eigenvalue weighted by Gasteiger charge is 2.24. The maximum atomic E-state index is 12.4. The van der Waals surface area contributed by atoms with Crippen molar-refractivity contribution in [2.45, 2.75) is 27.2 Å². The van der Waals surface area contributed by atoms with Crippen molar-refractivity contribution in [1.29, 1.82) is 0 Å². The number of benzene rings is 2. The summed E-state index contributed by atoms with van der Waals surface area (Å²) in [6, 6.07) is 9.56. The summed E-state index contributed by atoms with van der Waals surface area (Å²) in [5.74, 6) is 0.302.